The number of aryl methyl sites for hydroxylation is 1. The van der Waals surface area contributed by atoms with Gasteiger partial charge in [-0.15, -0.1) is 0 Å². The summed E-state index contributed by atoms with van der Waals surface area (Å²) in [6.45, 7) is 4.92. The number of ether oxygens (including phenoxy) is 2. The van der Waals surface area contributed by atoms with Crippen molar-refractivity contribution in [1.82, 2.24) is 9.78 Å². The minimum Gasteiger partial charge on any atom is -0.382 e. The van der Waals surface area contributed by atoms with Crippen LogP contribution in [0, 0.1) is 0 Å². The number of nitrogens with zero attached hydrogens (tertiary/aromatic N) is 2. The first-order chi connectivity index (χ1) is 6.86. The minimum absolute atomic E-state index is 0.651. The lowest BCUT2D eigenvalue weighted by molar-refractivity contribution is 0.0654. The molecular formula is C10H18N2O2. The summed E-state index contributed by atoms with van der Waals surface area (Å²) in [6, 6.07) is 0. The molecule has 0 amide bonds. The van der Waals surface area contributed by atoms with E-state index in [-0.39, 0.29) is 0 Å². The van der Waals surface area contributed by atoms with Gasteiger partial charge in [0.05, 0.1) is 32.6 Å². The predicted octanol–water partition coefficient (Wildman–Crippen LogP) is 1.11. The third kappa shape index (κ3) is 3.89. The molecule has 14 heavy (non-hydrogen) atoms. The molecule has 0 aromatic carbocycles. The van der Waals surface area contributed by atoms with Crippen molar-refractivity contribution < 1.29 is 9.47 Å². The van der Waals surface area contributed by atoms with E-state index in [1.165, 1.54) is 5.56 Å². The summed E-state index contributed by atoms with van der Waals surface area (Å²) in [6.07, 6.45) is 4.99. The highest BCUT2D eigenvalue weighted by Gasteiger charge is 1.95. The Balaban J connectivity index is 2.12. The zero-order valence-electron chi connectivity index (χ0n) is 8.90. The third-order valence-electron chi connectivity index (χ3n) is 1.99. The number of rotatable bonds is 7. The Morgan fingerprint density at radius 2 is 2.21 bits per heavy atom. The Kier molecular flexibility index (Phi) is 5.25. The molecule has 4 heteroatoms. The molecule has 80 valence electrons. The maximum absolute atomic E-state index is 5.34. The number of methoxy groups -OCH3 is 1. The molecule has 0 saturated heterocycles. The van der Waals surface area contributed by atoms with Gasteiger partial charge in [-0.25, -0.2) is 0 Å². The molecule has 1 aromatic rings. The van der Waals surface area contributed by atoms with Gasteiger partial charge in [-0.1, -0.05) is 6.92 Å². The minimum atomic E-state index is 0.651. The topological polar surface area (TPSA) is 36.3 Å². The summed E-state index contributed by atoms with van der Waals surface area (Å²) >= 11 is 0. The second-order valence-electron chi connectivity index (χ2n) is 3.07. The Labute approximate surface area is 84.8 Å². The van der Waals surface area contributed by atoms with Crippen LogP contribution in [0.3, 0.4) is 0 Å². The van der Waals surface area contributed by atoms with Gasteiger partial charge < -0.3 is 9.47 Å². The summed E-state index contributed by atoms with van der Waals surface area (Å²) in [5.74, 6) is 0. The van der Waals surface area contributed by atoms with E-state index in [4.69, 9.17) is 9.47 Å². The van der Waals surface area contributed by atoms with Crippen LogP contribution in [0.4, 0.5) is 0 Å². The molecule has 0 unspecified atom stereocenters. The van der Waals surface area contributed by atoms with Crippen molar-refractivity contribution in [2.45, 2.75) is 19.9 Å². The van der Waals surface area contributed by atoms with Gasteiger partial charge in [-0.05, 0) is 12.0 Å². The van der Waals surface area contributed by atoms with Gasteiger partial charge in [0, 0.05) is 13.3 Å². The van der Waals surface area contributed by atoms with E-state index in [9.17, 15) is 0 Å². The van der Waals surface area contributed by atoms with Gasteiger partial charge in [0.15, 0.2) is 0 Å². The van der Waals surface area contributed by atoms with Crippen LogP contribution in [-0.4, -0.2) is 36.7 Å². The monoisotopic (exact) mass is 198 g/mol. The van der Waals surface area contributed by atoms with Gasteiger partial charge in [-0.3, -0.25) is 4.68 Å². The van der Waals surface area contributed by atoms with Crippen molar-refractivity contribution in [2.75, 3.05) is 26.9 Å². The number of hydrogen-bond donors (Lipinski definition) is 0. The molecule has 0 bridgehead atoms. The molecule has 0 saturated carbocycles. The van der Waals surface area contributed by atoms with Crippen molar-refractivity contribution in [2.24, 2.45) is 0 Å². The molecule has 0 aliphatic carbocycles. The first-order valence-corrected chi connectivity index (χ1v) is 4.94. The van der Waals surface area contributed by atoms with Crippen LogP contribution >= 0.6 is 0 Å². The highest BCUT2D eigenvalue weighted by molar-refractivity contribution is 5.02. The van der Waals surface area contributed by atoms with Crippen molar-refractivity contribution in [3.8, 4) is 0 Å². The van der Waals surface area contributed by atoms with Gasteiger partial charge in [0.1, 0.15) is 0 Å². The quantitative estimate of drug-likeness (QED) is 0.616. The third-order valence-corrected chi connectivity index (χ3v) is 1.99. The fourth-order valence-corrected chi connectivity index (χ4v) is 1.11. The molecule has 4 nitrogen and oxygen atoms in total. The van der Waals surface area contributed by atoms with Gasteiger partial charge in [-0.2, -0.15) is 5.10 Å². The van der Waals surface area contributed by atoms with Crippen LogP contribution < -0.4 is 0 Å². The van der Waals surface area contributed by atoms with Gasteiger partial charge >= 0.3 is 0 Å². The lowest BCUT2D eigenvalue weighted by Gasteiger charge is -2.03. The normalized spacial score (nSPS) is 10.7. The molecule has 1 aromatic heterocycles. The molecule has 0 atom stereocenters. The summed E-state index contributed by atoms with van der Waals surface area (Å²) < 4.78 is 12.1. The summed E-state index contributed by atoms with van der Waals surface area (Å²) in [4.78, 5) is 0. The molecule has 0 radical (unpaired) electrons. The van der Waals surface area contributed by atoms with Crippen molar-refractivity contribution in [1.29, 1.82) is 0 Å². The van der Waals surface area contributed by atoms with E-state index < -0.39 is 0 Å². The highest BCUT2D eigenvalue weighted by atomic mass is 16.5. The van der Waals surface area contributed by atoms with Gasteiger partial charge in [0.25, 0.3) is 0 Å². The first kappa shape index (κ1) is 11.2. The summed E-state index contributed by atoms with van der Waals surface area (Å²) in [5, 5.41) is 4.21. The van der Waals surface area contributed by atoms with Crippen molar-refractivity contribution >= 4 is 0 Å². The zero-order valence-corrected chi connectivity index (χ0v) is 8.90. The molecule has 0 aliphatic rings. The zero-order chi connectivity index (χ0) is 10.2. The second-order valence-corrected chi connectivity index (χ2v) is 3.07. The summed E-state index contributed by atoms with van der Waals surface area (Å²) in [5.41, 5.74) is 1.27. The Bertz CT molecular complexity index is 248. The molecule has 0 fully saturated rings. The first-order valence-electron chi connectivity index (χ1n) is 4.94. The number of aromatic nitrogens is 2. The van der Waals surface area contributed by atoms with Crippen molar-refractivity contribution in [3.05, 3.63) is 18.0 Å². The van der Waals surface area contributed by atoms with E-state index in [0.717, 1.165) is 13.0 Å². The van der Waals surface area contributed by atoms with Crippen LogP contribution in [0.1, 0.15) is 12.5 Å². The Hall–Kier alpha value is -0.870. The van der Waals surface area contributed by atoms with Crippen LogP contribution in [0.2, 0.25) is 0 Å². The van der Waals surface area contributed by atoms with E-state index in [1.807, 2.05) is 10.9 Å². The molecule has 1 heterocycles. The fraction of sp³-hybridized carbons (Fsp3) is 0.700. The average Bonchev–Trinajstić information content (AvgIpc) is 2.65. The van der Waals surface area contributed by atoms with Gasteiger partial charge in [0.2, 0.25) is 0 Å². The predicted molar refractivity (Wildman–Crippen MR) is 54.3 cm³/mol. The molecule has 0 N–H and O–H groups in total. The van der Waals surface area contributed by atoms with Crippen LogP contribution in [0.25, 0.3) is 0 Å². The van der Waals surface area contributed by atoms with E-state index >= 15 is 0 Å². The maximum atomic E-state index is 5.34. The van der Waals surface area contributed by atoms with E-state index in [0.29, 0.717) is 19.8 Å². The summed E-state index contributed by atoms with van der Waals surface area (Å²) in [7, 11) is 1.67. The molecule has 0 spiro atoms. The Morgan fingerprint density at radius 1 is 1.36 bits per heavy atom. The van der Waals surface area contributed by atoms with Crippen LogP contribution in [-0.2, 0) is 22.4 Å². The smallest absolute Gasteiger partial charge is 0.0701 e. The molecule has 0 aliphatic heterocycles. The molecule has 1 rings (SSSR count). The maximum Gasteiger partial charge on any atom is 0.0701 e. The molecular weight excluding hydrogens is 180 g/mol. The Morgan fingerprint density at radius 3 is 2.86 bits per heavy atom. The largest absolute Gasteiger partial charge is 0.382 e. The van der Waals surface area contributed by atoms with Crippen LogP contribution in [0.15, 0.2) is 12.4 Å². The lowest BCUT2D eigenvalue weighted by atomic mass is 10.3. The van der Waals surface area contributed by atoms with Crippen LogP contribution in [0.5, 0.6) is 0 Å². The highest BCUT2D eigenvalue weighted by Crippen LogP contribution is 1.97. The van der Waals surface area contributed by atoms with Crippen molar-refractivity contribution in [3.63, 3.8) is 0 Å². The van der Waals surface area contributed by atoms with E-state index in [2.05, 4.69) is 18.2 Å². The SMILES string of the molecule is CCc1cnn(CCOCCOC)c1. The second kappa shape index (κ2) is 6.56. The van der Waals surface area contributed by atoms with E-state index in [1.54, 1.807) is 7.11 Å². The number of hydrogen-bond acceptors (Lipinski definition) is 3. The standard InChI is InChI=1S/C10H18N2O2/c1-3-10-8-11-12(9-10)4-5-14-7-6-13-2/h8-9H,3-7H2,1-2H3. The fourth-order valence-electron chi connectivity index (χ4n) is 1.11. The lowest BCUT2D eigenvalue weighted by Crippen LogP contribution is -2.09. The average molecular weight is 198 g/mol.